The van der Waals surface area contributed by atoms with E-state index in [1.54, 1.807) is 0 Å². The van der Waals surface area contributed by atoms with Gasteiger partial charge in [-0.25, -0.2) is 0 Å². The number of hydrogen-bond acceptors (Lipinski definition) is 4. The molecule has 0 saturated carbocycles. The van der Waals surface area contributed by atoms with E-state index in [9.17, 15) is 9.90 Å². The number of hydrogen-bond donors (Lipinski definition) is 3. The molecule has 3 unspecified atom stereocenters. The summed E-state index contributed by atoms with van der Waals surface area (Å²) in [5, 5.41) is 20.8. The fourth-order valence-electron chi connectivity index (χ4n) is 1.75. The van der Waals surface area contributed by atoms with Crippen molar-refractivity contribution in [2.24, 2.45) is 5.92 Å². The summed E-state index contributed by atoms with van der Waals surface area (Å²) in [6, 6.07) is 0. The summed E-state index contributed by atoms with van der Waals surface area (Å²) in [5.74, 6) is -0.496. The van der Waals surface area contributed by atoms with E-state index < -0.39 is 12.1 Å². The minimum atomic E-state index is -0.970. The first kappa shape index (κ1) is 12.4. The third-order valence-electron chi connectivity index (χ3n) is 2.73. The quantitative estimate of drug-likeness (QED) is 0.576. The Morgan fingerprint density at radius 1 is 1.67 bits per heavy atom. The fourth-order valence-corrected chi connectivity index (χ4v) is 1.75. The highest BCUT2D eigenvalue weighted by molar-refractivity contribution is 5.67. The Balaban J connectivity index is 2.07. The molecule has 0 aliphatic carbocycles. The topological polar surface area (TPSA) is 78.8 Å². The highest BCUT2D eigenvalue weighted by Crippen LogP contribution is 2.19. The highest BCUT2D eigenvalue weighted by Gasteiger charge is 2.23. The molecule has 0 aromatic carbocycles. The standard InChI is InChI=1S/C10H19NO4/c1-7-8(2-3-15-7)5-11-6-9(12)4-10(13)14/h7-9,11-12H,2-6H2,1H3,(H,13,14). The predicted molar refractivity (Wildman–Crippen MR) is 54.7 cm³/mol. The lowest BCUT2D eigenvalue weighted by Gasteiger charge is -2.16. The molecule has 1 fully saturated rings. The van der Waals surface area contributed by atoms with Gasteiger partial charge in [-0.1, -0.05) is 0 Å². The number of aliphatic carboxylic acids is 1. The van der Waals surface area contributed by atoms with Gasteiger partial charge in [-0.2, -0.15) is 0 Å². The lowest BCUT2D eigenvalue weighted by molar-refractivity contribution is -0.139. The lowest BCUT2D eigenvalue weighted by Crippen LogP contribution is -2.34. The van der Waals surface area contributed by atoms with E-state index in [0.29, 0.717) is 12.5 Å². The minimum Gasteiger partial charge on any atom is -0.481 e. The van der Waals surface area contributed by atoms with Gasteiger partial charge in [-0.3, -0.25) is 4.79 Å². The molecule has 5 heteroatoms. The van der Waals surface area contributed by atoms with E-state index >= 15 is 0 Å². The van der Waals surface area contributed by atoms with Gasteiger partial charge in [0.2, 0.25) is 0 Å². The van der Waals surface area contributed by atoms with E-state index in [1.165, 1.54) is 0 Å². The smallest absolute Gasteiger partial charge is 0.306 e. The fraction of sp³-hybridized carbons (Fsp3) is 0.900. The number of nitrogens with one attached hydrogen (secondary N) is 1. The molecule has 0 radical (unpaired) electrons. The van der Waals surface area contributed by atoms with Crippen molar-refractivity contribution in [1.29, 1.82) is 0 Å². The Morgan fingerprint density at radius 2 is 2.40 bits per heavy atom. The van der Waals surface area contributed by atoms with Gasteiger partial charge in [-0.05, 0) is 19.3 Å². The summed E-state index contributed by atoms with van der Waals surface area (Å²) in [6.45, 7) is 3.94. The maximum Gasteiger partial charge on any atom is 0.306 e. The third kappa shape index (κ3) is 4.59. The normalized spacial score (nSPS) is 27.9. The first-order valence-corrected chi connectivity index (χ1v) is 5.31. The molecule has 0 spiro atoms. The second-order valence-corrected chi connectivity index (χ2v) is 4.03. The van der Waals surface area contributed by atoms with Crippen LogP contribution >= 0.6 is 0 Å². The van der Waals surface area contributed by atoms with Gasteiger partial charge in [0.25, 0.3) is 0 Å². The molecule has 1 saturated heterocycles. The van der Waals surface area contributed by atoms with Crippen molar-refractivity contribution in [2.45, 2.75) is 32.0 Å². The SMILES string of the molecule is CC1OCCC1CNCC(O)CC(=O)O. The van der Waals surface area contributed by atoms with Crippen molar-refractivity contribution in [2.75, 3.05) is 19.7 Å². The molecule has 1 heterocycles. The number of carbonyl (C=O) groups is 1. The van der Waals surface area contributed by atoms with E-state index in [-0.39, 0.29) is 12.5 Å². The average molecular weight is 217 g/mol. The molecule has 3 N–H and O–H groups in total. The maximum absolute atomic E-state index is 10.3. The van der Waals surface area contributed by atoms with Gasteiger partial charge in [0.05, 0.1) is 18.6 Å². The number of rotatable bonds is 6. The van der Waals surface area contributed by atoms with E-state index in [0.717, 1.165) is 19.6 Å². The van der Waals surface area contributed by atoms with Crippen molar-refractivity contribution in [3.63, 3.8) is 0 Å². The van der Waals surface area contributed by atoms with Crippen LogP contribution in [0.1, 0.15) is 19.8 Å². The minimum absolute atomic E-state index is 0.205. The molecule has 1 aliphatic rings. The molecule has 0 aromatic rings. The Morgan fingerprint density at radius 3 is 2.93 bits per heavy atom. The molecule has 0 aromatic heterocycles. The number of ether oxygens (including phenoxy) is 1. The zero-order valence-corrected chi connectivity index (χ0v) is 8.98. The first-order valence-electron chi connectivity index (χ1n) is 5.31. The van der Waals surface area contributed by atoms with Gasteiger partial charge in [0.15, 0.2) is 0 Å². The summed E-state index contributed by atoms with van der Waals surface area (Å²) >= 11 is 0. The summed E-state index contributed by atoms with van der Waals surface area (Å²) in [4.78, 5) is 10.3. The van der Waals surface area contributed by atoms with Crippen LogP contribution in [0.5, 0.6) is 0 Å². The van der Waals surface area contributed by atoms with Crippen LogP contribution < -0.4 is 5.32 Å². The van der Waals surface area contributed by atoms with Crippen LogP contribution in [0.2, 0.25) is 0 Å². The van der Waals surface area contributed by atoms with Crippen LogP contribution in [-0.4, -0.2) is 48.1 Å². The van der Waals surface area contributed by atoms with Crippen molar-refractivity contribution in [3.05, 3.63) is 0 Å². The van der Waals surface area contributed by atoms with Crippen LogP contribution in [0.15, 0.2) is 0 Å². The molecule has 0 amide bonds. The average Bonchev–Trinajstić information content (AvgIpc) is 2.50. The number of aliphatic hydroxyl groups is 1. The molecule has 0 bridgehead atoms. The summed E-state index contributed by atoms with van der Waals surface area (Å²) < 4.78 is 5.39. The zero-order valence-electron chi connectivity index (χ0n) is 8.98. The first-order chi connectivity index (χ1) is 7.09. The molecule has 5 nitrogen and oxygen atoms in total. The monoisotopic (exact) mass is 217 g/mol. The van der Waals surface area contributed by atoms with Gasteiger partial charge in [0.1, 0.15) is 0 Å². The van der Waals surface area contributed by atoms with Crippen molar-refractivity contribution in [3.8, 4) is 0 Å². The molecule has 88 valence electrons. The van der Waals surface area contributed by atoms with Crippen molar-refractivity contribution >= 4 is 5.97 Å². The van der Waals surface area contributed by atoms with Crippen LogP contribution in [0.3, 0.4) is 0 Å². The molecular weight excluding hydrogens is 198 g/mol. The maximum atomic E-state index is 10.3. The summed E-state index contributed by atoms with van der Waals surface area (Å²) in [7, 11) is 0. The Kier molecular flexibility index (Phi) is 5.01. The molecule has 3 atom stereocenters. The molecule has 15 heavy (non-hydrogen) atoms. The van der Waals surface area contributed by atoms with Crippen molar-refractivity contribution in [1.82, 2.24) is 5.32 Å². The molecule has 1 aliphatic heterocycles. The second kappa shape index (κ2) is 6.05. The van der Waals surface area contributed by atoms with Crippen LogP contribution in [-0.2, 0) is 9.53 Å². The van der Waals surface area contributed by atoms with E-state index in [1.807, 2.05) is 6.92 Å². The Hall–Kier alpha value is -0.650. The number of aliphatic hydroxyl groups excluding tert-OH is 1. The van der Waals surface area contributed by atoms with Crippen LogP contribution in [0.4, 0.5) is 0 Å². The summed E-state index contributed by atoms with van der Waals surface area (Å²) in [5.41, 5.74) is 0. The van der Waals surface area contributed by atoms with Gasteiger partial charge < -0.3 is 20.3 Å². The van der Waals surface area contributed by atoms with Crippen LogP contribution in [0.25, 0.3) is 0 Å². The van der Waals surface area contributed by atoms with Gasteiger partial charge >= 0.3 is 5.97 Å². The Labute approximate surface area is 89.4 Å². The number of carboxylic acids is 1. The van der Waals surface area contributed by atoms with Gasteiger partial charge in [-0.15, -0.1) is 0 Å². The van der Waals surface area contributed by atoms with E-state index in [2.05, 4.69) is 5.32 Å². The van der Waals surface area contributed by atoms with Crippen LogP contribution in [0, 0.1) is 5.92 Å². The highest BCUT2D eigenvalue weighted by atomic mass is 16.5. The van der Waals surface area contributed by atoms with E-state index in [4.69, 9.17) is 9.84 Å². The third-order valence-corrected chi connectivity index (χ3v) is 2.73. The predicted octanol–water partition coefficient (Wildman–Crippen LogP) is -0.163. The molecule has 1 rings (SSSR count). The second-order valence-electron chi connectivity index (χ2n) is 4.03. The summed E-state index contributed by atoms with van der Waals surface area (Å²) in [6.07, 6.45) is 0.279. The lowest BCUT2D eigenvalue weighted by atomic mass is 10.0. The molecular formula is C10H19NO4. The zero-order chi connectivity index (χ0) is 11.3. The number of carboxylic acid groups (broad SMARTS) is 1. The van der Waals surface area contributed by atoms with Gasteiger partial charge in [0, 0.05) is 19.7 Å². The largest absolute Gasteiger partial charge is 0.481 e. The Bertz CT molecular complexity index is 210. The van der Waals surface area contributed by atoms with Crippen molar-refractivity contribution < 1.29 is 19.7 Å².